The molecule has 0 aliphatic carbocycles. The molecule has 0 atom stereocenters. The van der Waals surface area contributed by atoms with Crippen LogP contribution in [0.1, 0.15) is 35.7 Å². The predicted molar refractivity (Wildman–Crippen MR) is 117 cm³/mol. The maximum atomic E-state index is 12.2. The van der Waals surface area contributed by atoms with E-state index in [1.807, 2.05) is 32.0 Å². The fourth-order valence-electron chi connectivity index (χ4n) is 2.96. The van der Waals surface area contributed by atoms with E-state index in [1.165, 1.54) is 18.2 Å². The summed E-state index contributed by atoms with van der Waals surface area (Å²) in [7, 11) is 0. The number of carbonyl (C=O) groups excluding carboxylic acids is 2. The van der Waals surface area contributed by atoms with Gasteiger partial charge < -0.3 is 19.2 Å². The molecule has 160 valence electrons. The third-order valence-corrected chi connectivity index (χ3v) is 4.48. The number of esters is 1. The van der Waals surface area contributed by atoms with Gasteiger partial charge in [0.05, 0.1) is 0 Å². The van der Waals surface area contributed by atoms with Gasteiger partial charge in [0.15, 0.2) is 6.61 Å². The molecule has 0 radical (unpaired) electrons. The smallest absolute Gasteiger partial charge is 0.349 e. The maximum absolute atomic E-state index is 12.2. The molecule has 1 N–H and O–H groups in total. The molecule has 0 spiro atoms. The molecule has 0 unspecified atom stereocenters. The molecular weight excluding hydrogens is 398 g/mol. The average molecular weight is 421 g/mol. The second-order valence-electron chi connectivity index (χ2n) is 7.10. The van der Waals surface area contributed by atoms with E-state index in [0.717, 1.165) is 5.56 Å². The minimum absolute atomic E-state index is 0.115. The first-order valence-electron chi connectivity index (χ1n) is 9.78. The lowest BCUT2D eigenvalue weighted by molar-refractivity contribution is -0.136. The third-order valence-electron chi connectivity index (χ3n) is 4.48. The number of para-hydroxylation sites is 1. The number of fused-ring (bicyclic) bond motifs is 1. The van der Waals surface area contributed by atoms with Crippen LogP contribution < -0.4 is 20.4 Å². The number of nitrogens with one attached hydrogen (secondary N) is 1. The van der Waals surface area contributed by atoms with Gasteiger partial charge in [-0.3, -0.25) is 4.79 Å². The summed E-state index contributed by atoms with van der Waals surface area (Å²) in [6.45, 7) is 7.55. The standard InChI is InChI=1S/C24H23NO6/c1-4-11-25-23(27)19-12-16-9-10-17(13-21(16)31-24(19)28)30-22(26)14-29-20-8-6-5-7-18(20)15(2)3/h4-10,12-13,15H,1,11,14H2,2-3H3,(H,25,27). The Balaban J connectivity index is 1.71. The van der Waals surface area contributed by atoms with Crippen LogP contribution in [-0.4, -0.2) is 25.0 Å². The van der Waals surface area contributed by atoms with Crippen LogP contribution in [0.15, 0.2) is 70.4 Å². The fourth-order valence-corrected chi connectivity index (χ4v) is 2.96. The molecule has 3 aromatic rings. The second-order valence-corrected chi connectivity index (χ2v) is 7.10. The van der Waals surface area contributed by atoms with Crippen molar-refractivity contribution in [3.63, 3.8) is 0 Å². The summed E-state index contributed by atoms with van der Waals surface area (Å²) < 4.78 is 16.1. The number of benzene rings is 2. The quantitative estimate of drug-likeness (QED) is 0.257. The fraction of sp³-hybridized carbons (Fsp3) is 0.208. The highest BCUT2D eigenvalue weighted by Gasteiger charge is 2.15. The summed E-state index contributed by atoms with van der Waals surface area (Å²) in [5.41, 5.74) is 0.292. The third kappa shape index (κ3) is 5.39. The van der Waals surface area contributed by atoms with Gasteiger partial charge in [0.25, 0.3) is 5.91 Å². The van der Waals surface area contributed by atoms with Crippen molar-refractivity contribution in [2.45, 2.75) is 19.8 Å². The minimum Gasteiger partial charge on any atom is -0.482 e. The van der Waals surface area contributed by atoms with Gasteiger partial charge >= 0.3 is 11.6 Å². The number of ether oxygens (including phenoxy) is 2. The summed E-state index contributed by atoms with van der Waals surface area (Å²) >= 11 is 0. The summed E-state index contributed by atoms with van der Waals surface area (Å²) in [5, 5.41) is 3.05. The largest absolute Gasteiger partial charge is 0.482 e. The molecule has 0 saturated carbocycles. The lowest BCUT2D eigenvalue weighted by Crippen LogP contribution is -2.28. The van der Waals surface area contributed by atoms with Gasteiger partial charge in [0.1, 0.15) is 22.6 Å². The van der Waals surface area contributed by atoms with Crippen LogP contribution in [0.25, 0.3) is 11.0 Å². The summed E-state index contributed by atoms with van der Waals surface area (Å²) in [6.07, 6.45) is 1.51. The highest BCUT2D eigenvalue weighted by molar-refractivity contribution is 5.96. The van der Waals surface area contributed by atoms with E-state index in [1.54, 1.807) is 18.2 Å². The summed E-state index contributed by atoms with van der Waals surface area (Å²) in [4.78, 5) is 36.4. The van der Waals surface area contributed by atoms with Crippen molar-refractivity contribution in [3.8, 4) is 11.5 Å². The van der Waals surface area contributed by atoms with Gasteiger partial charge in [-0.1, -0.05) is 38.1 Å². The van der Waals surface area contributed by atoms with Crippen LogP contribution in [0.3, 0.4) is 0 Å². The summed E-state index contributed by atoms with van der Waals surface area (Å²) in [6, 6.07) is 13.5. The van der Waals surface area contributed by atoms with Crippen LogP contribution in [0.4, 0.5) is 0 Å². The molecule has 3 rings (SSSR count). The highest BCUT2D eigenvalue weighted by atomic mass is 16.6. The molecule has 31 heavy (non-hydrogen) atoms. The molecule has 1 heterocycles. The van der Waals surface area contributed by atoms with E-state index in [4.69, 9.17) is 13.9 Å². The lowest BCUT2D eigenvalue weighted by Gasteiger charge is -2.13. The molecule has 1 amide bonds. The van der Waals surface area contributed by atoms with E-state index in [0.29, 0.717) is 11.1 Å². The van der Waals surface area contributed by atoms with E-state index >= 15 is 0 Å². The Morgan fingerprint density at radius 3 is 2.68 bits per heavy atom. The molecule has 0 bridgehead atoms. The number of rotatable bonds is 8. The zero-order chi connectivity index (χ0) is 22.4. The summed E-state index contributed by atoms with van der Waals surface area (Å²) in [5.74, 6) is -0.0728. The molecule has 0 aliphatic heterocycles. The first-order chi connectivity index (χ1) is 14.9. The molecule has 0 fully saturated rings. The van der Waals surface area contributed by atoms with Gasteiger partial charge in [0, 0.05) is 18.0 Å². The van der Waals surface area contributed by atoms with Crippen molar-refractivity contribution < 1.29 is 23.5 Å². The van der Waals surface area contributed by atoms with Gasteiger partial charge in [-0.15, -0.1) is 6.58 Å². The Morgan fingerprint density at radius 2 is 1.94 bits per heavy atom. The zero-order valence-corrected chi connectivity index (χ0v) is 17.3. The van der Waals surface area contributed by atoms with Crippen LogP contribution in [0.2, 0.25) is 0 Å². The molecule has 0 saturated heterocycles. The monoisotopic (exact) mass is 421 g/mol. The van der Waals surface area contributed by atoms with Crippen molar-refractivity contribution >= 4 is 22.8 Å². The maximum Gasteiger partial charge on any atom is 0.349 e. The van der Waals surface area contributed by atoms with Gasteiger partial charge in [-0.2, -0.15) is 0 Å². The van der Waals surface area contributed by atoms with Crippen molar-refractivity contribution in [2.75, 3.05) is 13.2 Å². The van der Waals surface area contributed by atoms with Gasteiger partial charge in [0.2, 0.25) is 0 Å². The van der Waals surface area contributed by atoms with Crippen LogP contribution in [-0.2, 0) is 4.79 Å². The second kappa shape index (κ2) is 9.75. The topological polar surface area (TPSA) is 94.8 Å². The first kappa shape index (κ1) is 21.8. The number of carbonyl (C=O) groups is 2. The average Bonchev–Trinajstić information content (AvgIpc) is 2.75. The van der Waals surface area contributed by atoms with Crippen LogP contribution in [0, 0.1) is 0 Å². The SMILES string of the molecule is C=CCNC(=O)c1cc2ccc(OC(=O)COc3ccccc3C(C)C)cc2oc1=O. The van der Waals surface area contributed by atoms with Gasteiger partial charge in [-0.25, -0.2) is 9.59 Å². The van der Waals surface area contributed by atoms with Crippen molar-refractivity contribution in [3.05, 3.63) is 82.7 Å². The Labute approximate surface area is 179 Å². The normalized spacial score (nSPS) is 10.7. The Hall–Kier alpha value is -3.87. The van der Waals surface area contributed by atoms with E-state index < -0.39 is 17.5 Å². The van der Waals surface area contributed by atoms with E-state index in [9.17, 15) is 14.4 Å². The molecular formula is C24H23NO6. The number of hydrogen-bond donors (Lipinski definition) is 1. The van der Waals surface area contributed by atoms with Crippen molar-refractivity contribution in [2.24, 2.45) is 0 Å². The minimum atomic E-state index is -0.786. The van der Waals surface area contributed by atoms with Crippen LogP contribution in [0.5, 0.6) is 11.5 Å². The van der Waals surface area contributed by atoms with E-state index in [2.05, 4.69) is 11.9 Å². The zero-order valence-electron chi connectivity index (χ0n) is 17.3. The molecule has 7 heteroatoms. The number of hydrogen-bond acceptors (Lipinski definition) is 6. The lowest BCUT2D eigenvalue weighted by atomic mass is 10.0. The van der Waals surface area contributed by atoms with Crippen molar-refractivity contribution in [1.82, 2.24) is 5.32 Å². The Morgan fingerprint density at radius 1 is 1.16 bits per heavy atom. The van der Waals surface area contributed by atoms with Crippen LogP contribution >= 0.6 is 0 Å². The Kier molecular flexibility index (Phi) is 6.87. The molecule has 2 aromatic carbocycles. The highest BCUT2D eigenvalue weighted by Crippen LogP contribution is 2.26. The molecule has 1 aromatic heterocycles. The predicted octanol–water partition coefficient (Wildman–Crippen LogP) is 3.82. The molecule has 7 nitrogen and oxygen atoms in total. The Bertz CT molecular complexity index is 1180. The first-order valence-corrected chi connectivity index (χ1v) is 9.78. The van der Waals surface area contributed by atoms with E-state index in [-0.39, 0.29) is 36.0 Å². The number of amides is 1. The molecule has 0 aliphatic rings. The van der Waals surface area contributed by atoms with Crippen molar-refractivity contribution in [1.29, 1.82) is 0 Å². The van der Waals surface area contributed by atoms with Gasteiger partial charge in [-0.05, 0) is 35.7 Å².